The molecule has 0 N–H and O–H groups in total. The summed E-state index contributed by atoms with van der Waals surface area (Å²) >= 11 is 0. The highest BCUT2D eigenvalue weighted by atomic mass is 14.9. The van der Waals surface area contributed by atoms with E-state index in [0.717, 1.165) is 93.9 Å². The molecule has 3 heterocycles. The van der Waals surface area contributed by atoms with Crippen molar-refractivity contribution in [2.24, 2.45) is 0 Å². The van der Waals surface area contributed by atoms with Crippen LogP contribution >= 0.6 is 0 Å². The summed E-state index contributed by atoms with van der Waals surface area (Å²) in [5.41, 5.74) is 11.9. The zero-order chi connectivity index (χ0) is 34.4. The minimum atomic E-state index is 0.713. The van der Waals surface area contributed by atoms with Gasteiger partial charge in [0.2, 0.25) is 0 Å². The van der Waals surface area contributed by atoms with Gasteiger partial charge in [-0.2, -0.15) is 0 Å². The lowest BCUT2D eigenvalue weighted by Crippen LogP contribution is -1.95. The minimum absolute atomic E-state index is 0.713. The van der Waals surface area contributed by atoms with Crippen molar-refractivity contribution in [1.82, 2.24) is 19.9 Å². The largest absolute Gasteiger partial charge is 0.245 e. The molecule has 0 spiro atoms. The van der Waals surface area contributed by atoms with Gasteiger partial charge >= 0.3 is 0 Å². The van der Waals surface area contributed by atoms with E-state index in [9.17, 15) is 0 Å². The third kappa shape index (κ3) is 5.26. The normalized spacial score (nSPS) is 11.5. The van der Waals surface area contributed by atoms with Gasteiger partial charge in [0.25, 0.3) is 0 Å². The molecular weight excluding hydrogens is 633 g/mol. The van der Waals surface area contributed by atoms with Gasteiger partial charge in [-0.25, -0.2) is 19.9 Å². The lowest BCUT2D eigenvalue weighted by atomic mass is 9.95. The molecule has 0 radical (unpaired) electrons. The van der Waals surface area contributed by atoms with Crippen LogP contribution in [0.3, 0.4) is 0 Å². The third-order valence-electron chi connectivity index (χ3n) is 9.86. The molecule has 0 bridgehead atoms. The van der Waals surface area contributed by atoms with E-state index in [0.29, 0.717) is 5.82 Å². The molecular formula is C48H30N4. The Balaban J connectivity index is 1.11. The average molecular weight is 663 g/mol. The molecule has 4 heteroatoms. The van der Waals surface area contributed by atoms with Crippen LogP contribution in [-0.4, -0.2) is 19.9 Å². The Morgan fingerprint density at radius 2 is 0.885 bits per heavy atom. The number of fused-ring (bicyclic) bond motifs is 5. The lowest BCUT2D eigenvalue weighted by molar-refractivity contribution is 1.23. The van der Waals surface area contributed by atoms with Crippen LogP contribution in [0.4, 0.5) is 0 Å². The number of hydrogen-bond acceptors (Lipinski definition) is 4. The summed E-state index contributed by atoms with van der Waals surface area (Å²) in [6.07, 6.45) is 0. The van der Waals surface area contributed by atoms with Gasteiger partial charge in [-0.15, -0.1) is 0 Å². The van der Waals surface area contributed by atoms with Crippen LogP contribution in [0.15, 0.2) is 182 Å². The van der Waals surface area contributed by atoms with Crippen molar-refractivity contribution < 1.29 is 0 Å². The number of pyridine rings is 2. The molecule has 0 unspecified atom stereocenters. The molecule has 242 valence electrons. The summed E-state index contributed by atoms with van der Waals surface area (Å²) in [6.45, 7) is 0. The van der Waals surface area contributed by atoms with E-state index in [1.165, 1.54) is 0 Å². The van der Waals surface area contributed by atoms with E-state index in [-0.39, 0.29) is 0 Å². The topological polar surface area (TPSA) is 51.6 Å². The van der Waals surface area contributed by atoms with Crippen molar-refractivity contribution in [3.05, 3.63) is 182 Å². The van der Waals surface area contributed by atoms with Crippen LogP contribution < -0.4 is 0 Å². The summed E-state index contributed by atoms with van der Waals surface area (Å²) in [5, 5.41) is 5.46. The Morgan fingerprint density at radius 1 is 0.308 bits per heavy atom. The first-order chi connectivity index (χ1) is 25.7. The van der Waals surface area contributed by atoms with Crippen LogP contribution in [0, 0.1) is 0 Å². The zero-order valence-electron chi connectivity index (χ0n) is 28.1. The van der Waals surface area contributed by atoms with E-state index in [2.05, 4.69) is 140 Å². The second kappa shape index (κ2) is 12.4. The molecule has 0 saturated heterocycles. The highest BCUT2D eigenvalue weighted by Gasteiger charge is 2.15. The molecule has 0 fully saturated rings. The number of aromatic nitrogens is 4. The van der Waals surface area contributed by atoms with E-state index in [1.54, 1.807) is 0 Å². The Morgan fingerprint density at radius 3 is 1.62 bits per heavy atom. The maximum Gasteiger partial charge on any atom is 0.160 e. The highest BCUT2D eigenvalue weighted by Crippen LogP contribution is 2.36. The molecule has 0 atom stereocenters. The lowest BCUT2D eigenvalue weighted by Gasteiger charge is -2.13. The van der Waals surface area contributed by atoms with Gasteiger partial charge in [-0.1, -0.05) is 152 Å². The van der Waals surface area contributed by atoms with E-state index >= 15 is 0 Å². The van der Waals surface area contributed by atoms with Crippen LogP contribution in [0.25, 0.3) is 99.8 Å². The smallest absolute Gasteiger partial charge is 0.160 e. The first kappa shape index (κ1) is 29.8. The summed E-state index contributed by atoms with van der Waals surface area (Å²) in [4.78, 5) is 20.6. The quantitative estimate of drug-likeness (QED) is 0.172. The van der Waals surface area contributed by atoms with Crippen LogP contribution in [-0.2, 0) is 0 Å². The second-order valence-electron chi connectivity index (χ2n) is 13.1. The summed E-state index contributed by atoms with van der Waals surface area (Å²) in [7, 11) is 0. The van der Waals surface area contributed by atoms with Crippen LogP contribution in [0.2, 0.25) is 0 Å². The average Bonchev–Trinajstić information content (AvgIpc) is 3.23. The predicted molar refractivity (Wildman–Crippen MR) is 215 cm³/mol. The Bertz CT molecular complexity index is 2940. The monoisotopic (exact) mass is 662 g/mol. The van der Waals surface area contributed by atoms with Crippen molar-refractivity contribution in [1.29, 1.82) is 0 Å². The van der Waals surface area contributed by atoms with Crippen molar-refractivity contribution >= 4 is 43.5 Å². The van der Waals surface area contributed by atoms with Gasteiger partial charge in [-0.05, 0) is 52.2 Å². The minimum Gasteiger partial charge on any atom is -0.245 e. The fourth-order valence-corrected chi connectivity index (χ4v) is 7.20. The summed E-state index contributed by atoms with van der Waals surface area (Å²) in [6, 6.07) is 63.3. The summed E-state index contributed by atoms with van der Waals surface area (Å²) < 4.78 is 0. The predicted octanol–water partition coefficient (Wildman–Crippen LogP) is 12.2. The van der Waals surface area contributed by atoms with Gasteiger partial charge in [0.05, 0.1) is 33.6 Å². The Kier molecular flexibility index (Phi) is 7.10. The van der Waals surface area contributed by atoms with Gasteiger partial charge in [-0.3, -0.25) is 0 Å². The molecule has 10 rings (SSSR count). The van der Waals surface area contributed by atoms with Gasteiger partial charge in [0, 0.05) is 38.4 Å². The van der Waals surface area contributed by atoms with Crippen molar-refractivity contribution in [2.45, 2.75) is 0 Å². The second-order valence-corrected chi connectivity index (χ2v) is 13.1. The van der Waals surface area contributed by atoms with Crippen molar-refractivity contribution in [2.75, 3.05) is 0 Å². The maximum absolute atomic E-state index is 5.30. The molecule has 0 aliphatic heterocycles. The molecule has 52 heavy (non-hydrogen) atoms. The fraction of sp³-hybridized carbons (Fsp3) is 0. The first-order valence-electron chi connectivity index (χ1n) is 17.5. The van der Waals surface area contributed by atoms with E-state index in [1.807, 2.05) is 42.5 Å². The maximum atomic E-state index is 5.30. The highest BCUT2D eigenvalue weighted by molar-refractivity contribution is 6.06. The van der Waals surface area contributed by atoms with Crippen molar-refractivity contribution in [3.63, 3.8) is 0 Å². The Hall–Kier alpha value is -7.04. The zero-order valence-corrected chi connectivity index (χ0v) is 28.1. The molecule has 7 aromatic carbocycles. The third-order valence-corrected chi connectivity index (χ3v) is 9.86. The molecule has 10 aromatic rings. The van der Waals surface area contributed by atoms with Gasteiger partial charge in [0.15, 0.2) is 5.82 Å². The van der Waals surface area contributed by atoms with Gasteiger partial charge < -0.3 is 0 Å². The molecule has 0 aliphatic rings. The van der Waals surface area contributed by atoms with Crippen LogP contribution in [0.5, 0.6) is 0 Å². The molecule has 4 nitrogen and oxygen atoms in total. The first-order valence-corrected chi connectivity index (χ1v) is 17.5. The molecule has 0 aliphatic carbocycles. The number of hydrogen-bond donors (Lipinski definition) is 0. The SMILES string of the molecule is c1ccc(-c2ccc3ccc4ccc(-c5cccc6ccc(-c7ccc8c(-c9ccccc9)nc(-c9ccccc9)nc8c7)cc56)nc4c3n2)cc1. The van der Waals surface area contributed by atoms with Crippen LogP contribution in [0.1, 0.15) is 0 Å². The number of nitrogens with zero attached hydrogens (tertiary/aromatic N) is 4. The molecule has 0 amide bonds. The van der Waals surface area contributed by atoms with Crippen molar-refractivity contribution in [3.8, 4) is 56.3 Å². The Labute approximate surface area is 300 Å². The standard InChI is InChI=1S/C48H30N4/c1-4-11-32(12-5-1)42-27-24-34-20-21-35-25-28-43(50-47(35)46(34)49-42)39-18-10-17-31-19-22-37(29-41(31)39)38-23-26-40-44(30-38)51-48(36-15-8-3-9-16-36)52-45(40)33-13-6-2-7-14-33/h1-30H. The molecule has 0 saturated carbocycles. The fourth-order valence-electron chi connectivity index (χ4n) is 7.20. The molecule has 3 aromatic heterocycles. The van der Waals surface area contributed by atoms with E-state index < -0.39 is 0 Å². The summed E-state index contributed by atoms with van der Waals surface area (Å²) in [5.74, 6) is 0.713. The van der Waals surface area contributed by atoms with E-state index in [4.69, 9.17) is 19.9 Å². The number of benzene rings is 7. The van der Waals surface area contributed by atoms with Gasteiger partial charge in [0.1, 0.15) is 0 Å². The number of rotatable bonds is 5.